The van der Waals surface area contributed by atoms with Gasteiger partial charge in [0.15, 0.2) is 6.73 Å². The molecule has 0 N–H and O–H groups in total. The number of rotatable bonds is 4. The van der Waals surface area contributed by atoms with Crippen molar-refractivity contribution in [3.63, 3.8) is 0 Å². The lowest BCUT2D eigenvalue weighted by atomic mass is 9.72. The molecular weight excluding hydrogens is 242 g/mol. The molecule has 1 aliphatic carbocycles. The number of fused-ring (bicyclic) bond motifs is 1. The number of hydrogen-bond acceptors (Lipinski definition) is 6. The van der Waals surface area contributed by atoms with Gasteiger partial charge in [0.05, 0.1) is 31.2 Å². The average Bonchev–Trinajstić information content (AvgIpc) is 2.32. The summed E-state index contributed by atoms with van der Waals surface area (Å²) in [6.45, 7) is 1.63. The van der Waals surface area contributed by atoms with E-state index in [9.17, 15) is 14.4 Å². The molecule has 1 aliphatic heterocycles. The zero-order chi connectivity index (χ0) is 13.3. The van der Waals surface area contributed by atoms with E-state index in [1.54, 1.807) is 13.0 Å². The van der Waals surface area contributed by atoms with E-state index in [2.05, 4.69) is 9.47 Å². The lowest BCUT2D eigenvalue weighted by Gasteiger charge is -2.51. The van der Waals surface area contributed by atoms with Crippen LogP contribution >= 0.6 is 0 Å². The quantitative estimate of drug-likeness (QED) is 0.521. The van der Waals surface area contributed by atoms with Crippen LogP contribution in [0.5, 0.6) is 0 Å². The molecule has 18 heavy (non-hydrogen) atoms. The molecule has 0 aromatic carbocycles. The molecule has 0 spiro atoms. The average molecular weight is 255 g/mol. The van der Waals surface area contributed by atoms with E-state index in [1.807, 2.05) is 0 Å². The van der Waals surface area contributed by atoms with Crippen molar-refractivity contribution in [2.24, 2.45) is 5.92 Å². The largest absolute Gasteiger partial charge is 0.509 e. The normalized spacial score (nSPS) is 24.2. The Hall–Kier alpha value is -2.05. The number of carbonyl (C=O) groups excluding carboxylic acids is 3. The van der Waals surface area contributed by atoms with E-state index in [4.69, 9.17) is 4.74 Å². The Morgan fingerprint density at radius 1 is 1.39 bits per heavy atom. The molecule has 1 amide bonds. The van der Waals surface area contributed by atoms with Crippen LogP contribution in [0.1, 0.15) is 6.92 Å². The molecule has 0 saturated carbocycles. The van der Waals surface area contributed by atoms with Crippen LogP contribution in [0.25, 0.3) is 0 Å². The predicted octanol–water partition coefficient (Wildman–Crippen LogP) is 0.0570. The zero-order valence-corrected chi connectivity index (χ0v) is 10.0. The van der Waals surface area contributed by atoms with Crippen LogP contribution < -0.4 is 0 Å². The fourth-order valence-electron chi connectivity index (χ4n) is 2.00. The van der Waals surface area contributed by atoms with Crippen LogP contribution in [-0.4, -0.2) is 49.4 Å². The van der Waals surface area contributed by atoms with Gasteiger partial charge < -0.3 is 19.1 Å². The first-order chi connectivity index (χ1) is 8.60. The molecular formula is C11H13NO6. The summed E-state index contributed by atoms with van der Waals surface area (Å²) in [7, 11) is 1.27. The van der Waals surface area contributed by atoms with E-state index in [0.717, 1.165) is 0 Å². The fourth-order valence-corrected chi connectivity index (χ4v) is 2.00. The van der Waals surface area contributed by atoms with Crippen molar-refractivity contribution in [1.82, 2.24) is 4.90 Å². The lowest BCUT2D eigenvalue weighted by Crippen LogP contribution is -2.67. The highest BCUT2D eigenvalue weighted by molar-refractivity contribution is 6.02. The maximum atomic E-state index is 11.5. The highest BCUT2D eigenvalue weighted by Crippen LogP contribution is 2.42. The van der Waals surface area contributed by atoms with Gasteiger partial charge in [-0.1, -0.05) is 6.08 Å². The van der Waals surface area contributed by atoms with Crippen molar-refractivity contribution in [3.8, 4) is 0 Å². The van der Waals surface area contributed by atoms with Crippen molar-refractivity contribution in [1.29, 1.82) is 0 Å². The minimum Gasteiger partial charge on any atom is -0.466 e. The number of carbonyl (C=O) groups is 3. The monoisotopic (exact) mass is 255 g/mol. The summed E-state index contributed by atoms with van der Waals surface area (Å²) in [5.74, 6) is -0.924. The lowest BCUT2D eigenvalue weighted by molar-refractivity contribution is -0.163. The van der Waals surface area contributed by atoms with Crippen molar-refractivity contribution in [2.75, 3.05) is 20.4 Å². The van der Waals surface area contributed by atoms with Crippen LogP contribution in [0, 0.1) is 5.92 Å². The Labute approximate surface area is 103 Å². The number of β-lactam (4-membered cyclic amide) rings is 1. The smallest absolute Gasteiger partial charge is 0.466 e. The summed E-state index contributed by atoms with van der Waals surface area (Å²) < 4.78 is 13.9. The second kappa shape index (κ2) is 4.67. The molecule has 98 valence electrons. The van der Waals surface area contributed by atoms with Gasteiger partial charge in [0.2, 0.25) is 5.91 Å². The Balaban J connectivity index is 1.89. The Morgan fingerprint density at radius 2 is 2.11 bits per heavy atom. The van der Waals surface area contributed by atoms with Crippen LogP contribution in [0.4, 0.5) is 4.79 Å². The number of methoxy groups -OCH3 is 1. The molecule has 2 atom stereocenters. The first kappa shape index (κ1) is 12.4. The number of amides is 1. The number of hydrogen-bond donors (Lipinski definition) is 0. The Kier molecular flexibility index (Phi) is 3.22. The van der Waals surface area contributed by atoms with Gasteiger partial charge in [0.1, 0.15) is 0 Å². The van der Waals surface area contributed by atoms with Crippen molar-refractivity contribution < 1.29 is 28.6 Å². The molecule has 1 saturated heterocycles. The first-order valence-electron chi connectivity index (χ1n) is 5.50. The van der Waals surface area contributed by atoms with E-state index < -0.39 is 12.1 Å². The summed E-state index contributed by atoms with van der Waals surface area (Å²) in [6.07, 6.45) is 0.733. The minimum atomic E-state index is -0.836. The van der Waals surface area contributed by atoms with Crippen LogP contribution in [0.3, 0.4) is 0 Å². The highest BCUT2D eigenvalue weighted by atomic mass is 16.7. The Bertz CT molecular complexity index is 429. The topological polar surface area (TPSA) is 82.1 Å². The maximum Gasteiger partial charge on any atom is 0.509 e. The van der Waals surface area contributed by atoms with Crippen molar-refractivity contribution >= 4 is 18.0 Å². The molecule has 0 aromatic heterocycles. The molecule has 1 heterocycles. The number of likely N-dealkylation sites (tertiary alicyclic amines) is 1. The third-order valence-corrected chi connectivity index (χ3v) is 2.93. The van der Waals surface area contributed by atoms with Crippen LogP contribution in [0.2, 0.25) is 0 Å². The van der Waals surface area contributed by atoms with Gasteiger partial charge in [0, 0.05) is 0 Å². The summed E-state index contributed by atoms with van der Waals surface area (Å²) in [5.41, 5.74) is 0.426. The van der Waals surface area contributed by atoms with Gasteiger partial charge in [-0.2, -0.15) is 0 Å². The van der Waals surface area contributed by atoms with Crippen molar-refractivity contribution in [3.05, 3.63) is 11.6 Å². The van der Waals surface area contributed by atoms with Gasteiger partial charge in [-0.05, 0) is 6.92 Å². The van der Waals surface area contributed by atoms with Gasteiger partial charge in [0.25, 0.3) is 0 Å². The van der Waals surface area contributed by atoms with Crippen LogP contribution in [0.15, 0.2) is 11.6 Å². The van der Waals surface area contributed by atoms with E-state index in [0.29, 0.717) is 5.57 Å². The van der Waals surface area contributed by atoms with Gasteiger partial charge in [-0.15, -0.1) is 0 Å². The number of ether oxygens (including phenoxy) is 3. The Morgan fingerprint density at radius 3 is 2.72 bits per heavy atom. The summed E-state index contributed by atoms with van der Waals surface area (Å²) in [6, 6.07) is -0.334. The molecule has 0 bridgehead atoms. The third kappa shape index (κ3) is 1.81. The molecule has 1 fully saturated rings. The molecule has 0 aromatic rings. The zero-order valence-electron chi connectivity index (χ0n) is 10.0. The summed E-state index contributed by atoms with van der Waals surface area (Å²) in [5, 5.41) is 0. The van der Waals surface area contributed by atoms with E-state index >= 15 is 0 Å². The standard InChI is InChI=1S/C11H13NO6/c1-3-17-11(15)18-5-12-8-6(9(12)13)4-7(8)10(14)16-2/h4,6,8H,3,5H2,1-2H3/t6-,8-/m0/s1. The first-order valence-corrected chi connectivity index (χ1v) is 5.50. The molecule has 7 heteroatoms. The molecule has 0 unspecified atom stereocenters. The van der Waals surface area contributed by atoms with E-state index in [1.165, 1.54) is 12.0 Å². The highest BCUT2D eigenvalue weighted by Gasteiger charge is 2.56. The number of nitrogens with zero attached hydrogens (tertiary/aromatic N) is 1. The second-order valence-electron chi connectivity index (χ2n) is 3.85. The number of esters is 1. The predicted molar refractivity (Wildman–Crippen MR) is 57.2 cm³/mol. The SMILES string of the molecule is CCOC(=O)OCN1C(=O)[C@H]2C=C(C(=O)OC)[C@H]21. The summed E-state index contributed by atoms with van der Waals surface area (Å²) in [4.78, 5) is 35.1. The third-order valence-electron chi connectivity index (χ3n) is 2.93. The molecule has 0 radical (unpaired) electrons. The maximum absolute atomic E-state index is 11.5. The van der Waals surface area contributed by atoms with Crippen molar-refractivity contribution in [2.45, 2.75) is 13.0 Å². The van der Waals surface area contributed by atoms with Gasteiger partial charge in [-0.3, -0.25) is 4.79 Å². The fraction of sp³-hybridized carbons (Fsp3) is 0.545. The molecule has 7 nitrogen and oxygen atoms in total. The second-order valence-corrected chi connectivity index (χ2v) is 3.85. The molecule has 2 aliphatic rings. The molecule has 2 rings (SSSR count). The van der Waals surface area contributed by atoms with Gasteiger partial charge >= 0.3 is 12.1 Å². The summed E-state index contributed by atoms with van der Waals surface area (Å²) >= 11 is 0. The minimum absolute atomic E-state index is 0.169. The van der Waals surface area contributed by atoms with E-state index in [-0.39, 0.29) is 31.2 Å². The van der Waals surface area contributed by atoms with Gasteiger partial charge in [-0.25, -0.2) is 9.59 Å². The van der Waals surface area contributed by atoms with Crippen LogP contribution in [-0.2, 0) is 23.8 Å².